The van der Waals surface area contributed by atoms with Crippen molar-refractivity contribution >= 4 is 28.2 Å². The van der Waals surface area contributed by atoms with Gasteiger partial charge in [-0.3, -0.25) is 4.79 Å². The van der Waals surface area contributed by atoms with Gasteiger partial charge in [-0.2, -0.15) is 5.26 Å². The lowest BCUT2D eigenvalue weighted by Gasteiger charge is -2.17. The van der Waals surface area contributed by atoms with E-state index < -0.39 is 18.5 Å². The van der Waals surface area contributed by atoms with Gasteiger partial charge in [0.15, 0.2) is 6.61 Å². The molecule has 0 saturated carbocycles. The van der Waals surface area contributed by atoms with Crippen LogP contribution in [0.5, 0.6) is 0 Å². The summed E-state index contributed by atoms with van der Waals surface area (Å²) in [5, 5.41) is 12.7. The van der Waals surface area contributed by atoms with Crippen molar-refractivity contribution in [1.29, 1.82) is 5.26 Å². The molecule has 2 aromatic heterocycles. The van der Waals surface area contributed by atoms with Crippen LogP contribution in [0.25, 0.3) is 0 Å². The summed E-state index contributed by atoms with van der Waals surface area (Å²) < 4.78 is 10.3. The number of rotatable bonds is 4. The summed E-state index contributed by atoms with van der Waals surface area (Å²) in [5.41, 5.74) is 1.90. The van der Waals surface area contributed by atoms with Gasteiger partial charge in [-0.25, -0.2) is 4.79 Å². The van der Waals surface area contributed by atoms with Crippen LogP contribution in [-0.2, 0) is 22.4 Å². The molecule has 1 atom stereocenters. The summed E-state index contributed by atoms with van der Waals surface area (Å²) in [6.07, 6.45) is 2.84. The molecule has 1 aliphatic rings. The molecule has 26 heavy (non-hydrogen) atoms. The summed E-state index contributed by atoms with van der Waals surface area (Å²) in [5.74, 6) is 0.586. The number of nitrogens with zero attached hydrogens (tertiary/aromatic N) is 1. The SMILES string of the molecule is Cc1cc(C(=O)OCC(=O)Nc2sc3c(c2C#N)CC[C@H](C)C3)c(C)o1. The Bertz CT molecular complexity index is 904. The summed E-state index contributed by atoms with van der Waals surface area (Å²) in [7, 11) is 0. The average molecular weight is 372 g/mol. The fourth-order valence-corrected chi connectivity index (χ4v) is 4.54. The van der Waals surface area contributed by atoms with E-state index in [-0.39, 0.29) is 0 Å². The average Bonchev–Trinajstić information content (AvgIpc) is 3.10. The zero-order valence-corrected chi connectivity index (χ0v) is 15.8. The number of aryl methyl sites for hydroxylation is 2. The lowest BCUT2D eigenvalue weighted by molar-refractivity contribution is -0.119. The highest BCUT2D eigenvalue weighted by Crippen LogP contribution is 2.39. The maximum Gasteiger partial charge on any atom is 0.342 e. The lowest BCUT2D eigenvalue weighted by atomic mass is 9.89. The molecule has 7 heteroatoms. The van der Waals surface area contributed by atoms with Crippen LogP contribution in [0, 0.1) is 31.1 Å². The predicted molar refractivity (Wildman–Crippen MR) is 97.3 cm³/mol. The smallest absolute Gasteiger partial charge is 0.342 e. The molecule has 6 nitrogen and oxygen atoms in total. The van der Waals surface area contributed by atoms with Crippen molar-refractivity contribution in [2.45, 2.75) is 40.0 Å². The number of nitriles is 1. The van der Waals surface area contributed by atoms with E-state index in [0.29, 0.717) is 33.6 Å². The second-order valence-electron chi connectivity index (χ2n) is 6.62. The molecular weight excluding hydrogens is 352 g/mol. The number of amides is 1. The highest BCUT2D eigenvalue weighted by molar-refractivity contribution is 7.16. The molecule has 0 bridgehead atoms. The van der Waals surface area contributed by atoms with E-state index in [2.05, 4.69) is 18.3 Å². The Morgan fingerprint density at radius 1 is 1.46 bits per heavy atom. The van der Waals surface area contributed by atoms with Crippen LogP contribution >= 0.6 is 11.3 Å². The van der Waals surface area contributed by atoms with E-state index >= 15 is 0 Å². The van der Waals surface area contributed by atoms with Gasteiger partial charge in [0, 0.05) is 4.88 Å². The Morgan fingerprint density at radius 2 is 2.23 bits per heavy atom. The van der Waals surface area contributed by atoms with Crippen molar-refractivity contribution in [3.05, 3.63) is 39.2 Å². The number of anilines is 1. The zero-order valence-electron chi connectivity index (χ0n) is 15.0. The van der Waals surface area contributed by atoms with Gasteiger partial charge in [-0.1, -0.05) is 6.92 Å². The maximum atomic E-state index is 12.2. The molecule has 3 rings (SSSR count). The van der Waals surface area contributed by atoms with E-state index in [1.807, 2.05) is 0 Å². The van der Waals surface area contributed by atoms with Gasteiger partial charge in [-0.05, 0) is 50.7 Å². The fourth-order valence-electron chi connectivity index (χ4n) is 3.16. The highest BCUT2D eigenvalue weighted by Gasteiger charge is 2.25. The fraction of sp³-hybridized carbons (Fsp3) is 0.421. The van der Waals surface area contributed by atoms with Crippen LogP contribution in [0.1, 0.15) is 51.2 Å². The zero-order chi connectivity index (χ0) is 18.8. The second kappa shape index (κ2) is 7.34. The molecule has 0 spiro atoms. The minimum atomic E-state index is -0.602. The molecule has 0 aliphatic heterocycles. The van der Waals surface area contributed by atoms with Crippen molar-refractivity contribution in [3.63, 3.8) is 0 Å². The van der Waals surface area contributed by atoms with Crippen molar-refractivity contribution in [3.8, 4) is 6.07 Å². The standard InChI is InChI=1S/C19H20N2O4S/c1-10-4-5-13-15(8-20)18(26-16(13)6-10)21-17(22)9-24-19(23)14-7-11(2)25-12(14)3/h7,10H,4-6,9H2,1-3H3,(H,21,22)/t10-/m0/s1. The Kier molecular flexibility index (Phi) is 5.14. The number of fused-ring (bicyclic) bond motifs is 1. The van der Waals surface area contributed by atoms with Crippen LogP contribution < -0.4 is 5.32 Å². The molecule has 1 aliphatic carbocycles. The summed E-state index contributed by atoms with van der Waals surface area (Å²) in [6, 6.07) is 3.78. The van der Waals surface area contributed by atoms with E-state index in [1.165, 1.54) is 11.3 Å². The summed E-state index contributed by atoms with van der Waals surface area (Å²) >= 11 is 1.45. The molecule has 1 amide bonds. The van der Waals surface area contributed by atoms with E-state index in [9.17, 15) is 14.9 Å². The highest BCUT2D eigenvalue weighted by atomic mass is 32.1. The number of hydrogen-bond acceptors (Lipinski definition) is 6. The van der Waals surface area contributed by atoms with Crippen LogP contribution in [-0.4, -0.2) is 18.5 Å². The maximum absolute atomic E-state index is 12.2. The first-order valence-corrected chi connectivity index (χ1v) is 9.29. The van der Waals surface area contributed by atoms with Gasteiger partial charge in [0.2, 0.25) is 0 Å². The normalized spacial score (nSPS) is 15.8. The van der Waals surface area contributed by atoms with E-state index in [0.717, 1.165) is 29.7 Å². The molecule has 136 valence electrons. The number of nitrogens with one attached hydrogen (secondary N) is 1. The number of hydrogen-bond donors (Lipinski definition) is 1. The lowest BCUT2D eigenvalue weighted by Crippen LogP contribution is -2.21. The largest absolute Gasteiger partial charge is 0.466 e. The Balaban J connectivity index is 1.65. The number of ether oxygens (including phenoxy) is 1. The third-order valence-electron chi connectivity index (χ3n) is 4.47. The second-order valence-corrected chi connectivity index (χ2v) is 7.72. The molecular formula is C19H20N2O4S. The first kappa shape index (κ1) is 18.2. The Labute approximate surface area is 155 Å². The molecule has 0 radical (unpaired) electrons. The molecule has 0 fully saturated rings. The number of thiophene rings is 1. The number of carbonyl (C=O) groups is 2. The first-order valence-electron chi connectivity index (χ1n) is 8.47. The molecule has 0 saturated heterocycles. The van der Waals surface area contributed by atoms with Gasteiger partial charge in [0.05, 0.1) is 5.56 Å². The van der Waals surface area contributed by atoms with Gasteiger partial charge >= 0.3 is 5.97 Å². The predicted octanol–water partition coefficient (Wildman–Crippen LogP) is 3.75. The van der Waals surface area contributed by atoms with Crippen molar-refractivity contribution in [2.24, 2.45) is 5.92 Å². The number of carbonyl (C=O) groups excluding carboxylic acids is 2. The van der Waals surface area contributed by atoms with E-state index in [1.54, 1.807) is 19.9 Å². The van der Waals surface area contributed by atoms with E-state index in [4.69, 9.17) is 9.15 Å². The van der Waals surface area contributed by atoms with Crippen molar-refractivity contribution in [2.75, 3.05) is 11.9 Å². The molecule has 0 unspecified atom stereocenters. The van der Waals surface area contributed by atoms with Crippen LogP contribution in [0.2, 0.25) is 0 Å². The number of furan rings is 1. The Morgan fingerprint density at radius 3 is 2.88 bits per heavy atom. The molecule has 1 N–H and O–H groups in total. The third kappa shape index (κ3) is 3.65. The summed E-state index contributed by atoms with van der Waals surface area (Å²) in [6.45, 7) is 5.18. The number of esters is 1. The van der Waals surface area contributed by atoms with Crippen molar-refractivity contribution < 1.29 is 18.7 Å². The molecule has 2 heterocycles. The molecule has 2 aromatic rings. The first-order chi connectivity index (χ1) is 12.4. The van der Waals surface area contributed by atoms with Gasteiger partial charge in [-0.15, -0.1) is 11.3 Å². The van der Waals surface area contributed by atoms with Crippen LogP contribution in [0.15, 0.2) is 10.5 Å². The third-order valence-corrected chi connectivity index (χ3v) is 5.64. The van der Waals surface area contributed by atoms with Gasteiger partial charge < -0.3 is 14.5 Å². The van der Waals surface area contributed by atoms with Gasteiger partial charge in [0.25, 0.3) is 5.91 Å². The summed E-state index contributed by atoms with van der Waals surface area (Å²) in [4.78, 5) is 25.4. The topological polar surface area (TPSA) is 92.3 Å². The minimum Gasteiger partial charge on any atom is -0.466 e. The van der Waals surface area contributed by atoms with Crippen LogP contribution in [0.4, 0.5) is 5.00 Å². The quantitative estimate of drug-likeness (QED) is 0.825. The van der Waals surface area contributed by atoms with Crippen molar-refractivity contribution in [1.82, 2.24) is 0 Å². The van der Waals surface area contributed by atoms with Crippen LogP contribution in [0.3, 0.4) is 0 Å². The van der Waals surface area contributed by atoms with Gasteiger partial charge in [0.1, 0.15) is 28.2 Å². The minimum absolute atomic E-state index is 0.314. The monoisotopic (exact) mass is 372 g/mol. The molecule has 0 aromatic carbocycles. The Hall–Kier alpha value is -2.59.